The van der Waals surface area contributed by atoms with Gasteiger partial charge in [0.15, 0.2) is 7.85 Å². The van der Waals surface area contributed by atoms with Gasteiger partial charge < -0.3 is 10.2 Å². The number of fused-ring (bicyclic) bond motifs is 1. The fourth-order valence-corrected chi connectivity index (χ4v) is 4.80. The molecule has 0 bridgehead atoms. The highest BCUT2D eigenvalue weighted by molar-refractivity contribution is 7.20. The second kappa shape index (κ2) is 7.43. The number of hydrogen-bond donors (Lipinski definition) is 1. The van der Waals surface area contributed by atoms with Gasteiger partial charge in [0.2, 0.25) is 0 Å². The summed E-state index contributed by atoms with van der Waals surface area (Å²) in [6.45, 7) is 6.29. The normalized spacial score (nSPS) is 13.4. The molecule has 0 fully saturated rings. The molecule has 0 saturated heterocycles. The van der Waals surface area contributed by atoms with E-state index in [0.29, 0.717) is 0 Å². The lowest BCUT2D eigenvalue weighted by Crippen LogP contribution is -2.22. The number of aryl methyl sites for hydroxylation is 1. The molecule has 1 amide bonds. The molecule has 1 aliphatic rings. The number of anilines is 2. The van der Waals surface area contributed by atoms with Crippen molar-refractivity contribution in [3.8, 4) is 0 Å². The Labute approximate surface area is 149 Å². The monoisotopic (exact) mass is 340 g/mol. The van der Waals surface area contributed by atoms with Gasteiger partial charge in [0.1, 0.15) is 0 Å². The minimum Gasteiger partial charge on any atom is -0.372 e. The number of amides is 1. The lowest BCUT2D eigenvalue weighted by molar-refractivity contribution is 0.102. The molecular weight excluding hydrogens is 315 g/mol. The van der Waals surface area contributed by atoms with Crippen LogP contribution >= 0.6 is 11.3 Å². The highest BCUT2D eigenvalue weighted by atomic mass is 32.1. The third-order valence-electron chi connectivity index (χ3n) is 4.83. The summed E-state index contributed by atoms with van der Waals surface area (Å²) in [5, 5.41) is 3.09. The second-order valence-electron chi connectivity index (χ2n) is 6.32. The van der Waals surface area contributed by atoms with E-state index < -0.39 is 0 Å². The Morgan fingerprint density at radius 1 is 1.17 bits per heavy atom. The molecule has 0 radical (unpaired) electrons. The fraction of sp³-hybridized carbons (Fsp3) is 0.421. The van der Waals surface area contributed by atoms with Crippen LogP contribution in [-0.4, -0.2) is 26.8 Å². The average Bonchev–Trinajstić information content (AvgIpc) is 2.93. The zero-order valence-corrected chi connectivity index (χ0v) is 15.6. The van der Waals surface area contributed by atoms with Crippen molar-refractivity contribution in [3.05, 3.63) is 40.3 Å². The van der Waals surface area contributed by atoms with Crippen molar-refractivity contribution >= 4 is 41.2 Å². The molecule has 2 aromatic rings. The molecule has 5 heteroatoms. The molecule has 0 spiro atoms. The largest absolute Gasteiger partial charge is 0.372 e. The van der Waals surface area contributed by atoms with Crippen molar-refractivity contribution in [1.82, 2.24) is 0 Å². The summed E-state index contributed by atoms with van der Waals surface area (Å²) in [7, 11) is 2.07. The Hall–Kier alpha value is -1.75. The highest BCUT2D eigenvalue weighted by Crippen LogP contribution is 2.29. The van der Waals surface area contributed by atoms with Gasteiger partial charge >= 0.3 is 0 Å². The van der Waals surface area contributed by atoms with E-state index in [9.17, 15) is 4.79 Å². The molecule has 0 aliphatic heterocycles. The maximum atomic E-state index is 12.8. The van der Waals surface area contributed by atoms with Crippen LogP contribution in [0.4, 0.5) is 11.4 Å². The molecule has 1 aromatic carbocycles. The highest BCUT2D eigenvalue weighted by Gasteiger charge is 2.23. The Balaban J connectivity index is 1.77. The van der Waals surface area contributed by atoms with Gasteiger partial charge in [-0.05, 0) is 74.1 Å². The number of carbonyl (C=O) groups excluding carboxylic acids is 1. The number of thiophene rings is 1. The molecule has 1 aromatic heterocycles. The summed E-state index contributed by atoms with van der Waals surface area (Å²) < 4.78 is 1.15. The van der Waals surface area contributed by atoms with Crippen molar-refractivity contribution in [1.29, 1.82) is 0 Å². The van der Waals surface area contributed by atoms with Crippen LogP contribution in [0.2, 0.25) is 0 Å². The molecule has 1 heterocycles. The minimum absolute atomic E-state index is 0.0440. The van der Waals surface area contributed by atoms with Crippen LogP contribution in [0.3, 0.4) is 0 Å². The first-order valence-corrected chi connectivity index (χ1v) is 9.73. The van der Waals surface area contributed by atoms with Crippen molar-refractivity contribution in [3.63, 3.8) is 0 Å². The predicted molar refractivity (Wildman–Crippen MR) is 107 cm³/mol. The lowest BCUT2D eigenvalue weighted by atomic mass is 9.90. The van der Waals surface area contributed by atoms with Crippen LogP contribution in [0, 0.1) is 0 Å². The smallest absolute Gasteiger partial charge is 0.256 e. The maximum absolute atomic E-state index is 12.8. The number of carbonyl (C=O) groups is 1. The van der Waals surface area contributed by atoms with E-state index in [4.69, 9.17) is 0 Å². The van der Waals surface area contributed by atoms with E-state index in [2.05, 4.69) is 44.0 Å². The quantitative estimate of drug-likeness (QED) is 0.849. The second-order valence-corrected chi connectivity index (χ2v) is 7.62. The van der Waals surface area contributed by atoms with Gasteiger partial charge in [0, 0.05) is 34.9 Å². The van der Waals surface area contributed by atoms with E-state index in [1.807, 2.05) is 12.1 Å². The Bertz CT molecular complexity index is 720. The first-order chi connectivity index (χ1) is 11.6. The molecule has 0 atom stereocenters. The van der Waals surface area contributed by atoms with E-state index in [0.717, 1.165) is 42.0 Å². The number of hydrogen-bond acceptors (Lipinski definition) is 3. The zero-order chi connectivity index (χ0) is 17.1. The fourth-order valence-electron chi connectivity index (χ4n) is 3.54. The molecular formula is C19H25BN2OS. The Kier molecular flexibility index (Phi) is 5.29. The van der Waals surface area contributed by atoms with Crippen LogP contribution in [0.15, 0.2) is 24.3 Å². The van der Waals surface area contributed by atoms with Gasteiger partial charge in [0.25, 0.3) is 5.91 Å². The van der Waals surface area contributed by atoms with E-state index in [-0.39, 0.29) is 5.91 Å². The molecule has 3 nitrogen and oxygen atoms in total. The first-order valence-electron chi connectivity index (χ1n) is 8.91. The van der Waals surface area contributed by atoms with Gasteiger partial charge in [-0.25, -0.2) is 0 Å². The van der Waals surface area contributed by atoms with Crippen molar-refractivity contribution < 1.29 is 4.79 Å². The molecule has 0 saturated carbocycles. The summed E-state index contributed by atoms with van der Waals surface area (Å²) >= 11 is 1.80. The molecule has 24 heavy (non-hydrogen) atoms. The van der Waals surface area contributed by atoms with Gasteiger partial charge in [-0.2, -0.15) is 11.3 Å². The molecule has 0 unspecified atom stereocenters. The lowest BCUT2D eigenvalue weighted by Gasteiger charge is -2.21. The summed E-state index contributed by atoms with van der Waals surface area (Å²) in [4.78, 5) is 16.5. The topological polar surface area (TPSA) is 32.3 Å². The van der Waals surface area contributed by atoms with Crippen LogP contribution < -0.4 is 15.0 Å². The summed E-state index contributed by atoms with van der Waals surface area (Å²) in [6, 6.07) is 8.16. The number of nitrogens with zero attached hydrogens (tertiary/aromatic N) is 1. The number of nitrogens with one attached hydrogen (secondary N) is 1. The van der Waals surface area contributed by atoms with Crippen LogP contribution in [-0.2, 0) is 12.8 Å². The maximum Gasteiger partial charge on any atom is 0.256 e. The van der Waals surface area contributed by atoms with Crippen molar-refractivity contribution in [2.24, 2.45) is 0 Å². The average molecular weight is 340 g/mol. The number of benzene rings is 1. The van der Waals surface area contributed by atoms with Crippen LogP contribution in [0.25, 0.3) is 0 Å². The third kappa shape index (κ3) is 3.36. The first kappa shape index (κ1) is 17.1. The Morgan fingerprint density at radius 3 is 2.50 bits per heavy atom. The minimum atomic E-state index is 0.0440. The SMILES string of the molecule is Bc1sc2c(c1C(=O)Nc1ccc(N(CC)CC)cc1)CCCC2. The van der Waals surface area contributed by atoms with Crippen LogP contribution in [0.5, 0.6) is 0 Å². The van der Waals surface area contributed by atoms with E-state index in [1.54, 1.807) is 11.3 Å². The van der Waals surface area contributed by atoms with Crippen molar-refractivity contribution in [2.75, 3.05) is 23.3 Å². The molecule has 126 valence electrons. The Morgan fingerprint density at radius 2 is 1.83 bits per heavy atom. The summed E-state index contributed by atoms with van der Waals surface area (Å²) in [5.41, 5.74) is 4.27. The zero-order valence-electron chi connectivity index (χ0n) is 14.8. The number of rotatable bonds is 5. The van der Waals surface area contributed by atoms with Gasteiger partial charge in [-0.3, -0.25) is 4.79 Å². The van der Waals surface area contributed by atoms with Crippen LogP contribution in [0.1, 0.15) is 47.5 Å². The summed E-state index contributed by atoms with van der Waals surface area (Å²) in [5.74, 6) is 0.0440. The van der Waals surface area contributed by atoms with E-state index >= 15 is 0 Å². The summed E-state index contributed by atoms with van der Waals surface area (Å²) in [6.07, 6.45) is 4.62. The third-order valence-corrected chi connectivity index (χ3v) is 6.04. The van der Waals surface area contributed by atoms with Gasteiger partial charge in [0.05, 0.1) is 0 Å². The molecule has 1 N–H and O–H groups in total. The van der Waals surface area contributed by atoms with Crippen molar-refractivity contribution in [2.45, 2.75) is 39.5 Å². The molecule has 1 aliphatic carbocycles. The van der Waals surface area contributed by atoms with Gasteiger partial charge in [-0.1, -0.05) is 0 Å². The van der Waals surface area contributed by atoms with E-state index in [1.165, 1.54) is 29.0 Å². The molecule has 3 rings (SSSR count). The standard InChI is InChI=1S/C19H25BN2OS/c1-3-22(4-2)14-11-9-13(10-12-14)21-19(23)17-15-7-5-6-8-16(15)24-18(17)20/h9-12H,3-8,20H2,1-2H3,(H,21,23). The predicted octanol–water partition coefficient (Wildman–Crippen LogP) is 2.98. The van der Waals surface area contributed by atoms with Gasteiger partial charge in [-0.15, -0.1) is 0 Å².